The highest BCUT2D eigenvalue weighted by molar-refractivity contribution is 5.19. The summed E-state index contributed by atoms with van der Waals surface area (Å²) in [5, 5.41) is 3.51. The highest BCUT2D eigenvalue weighted by Crippen LogP contribution is 2.22. The van der Waals surface area contributed by atoms with Gasteiger partial charge in [-0.15, -0.1) is 0 Å². The molecule has 1 aliphatic rings. The van der Waals surface area contributed by atoms with Crippen LogP contribution in [0.2, 0.25) is 0 Å². The minimum atomic E-state index is 0.498. The van der Waals surface area contributed by atoms with Crippen molar-refractivity contribution in [3.05, 3.63) is 35.9 Å². The van der Waals surface area contributed by atoms with Gasteiger partial charge >= 0.3 is 0 Å². The maximum absolute atomic E-state index is 3.51. The van der Waals surface area contributed by atoms with E-state index in [1.54, 1.807) is 0 Å². The predicted octanol–water partition coefficient (Wildman–Crippen LogP) is 1.97. The second kappa shape index (κ2) is 7.04. The predicted molar refractivity (Wildman–Crippen MR) is 81.4 cm³/mol. The summed E-state index contributed by atoms with van der Waals surface area (Å²) in [6.07, 6.45) is 0. The number of piperazine rings is 1. The van der Waals surface area contributed by atoms with Gasteiger partial charge in [-0.1, -0.05) is 37.3 Å². The summed E-state index contributed by atoms with van der Waals surface area (Å²) in [6, 6.07) is 12.0. The molecule has 0 aromatic heterocycles. The van der Waals surface area contributed by atoms with E-state index >= 15 is 0 Å². The monoisotopic (exact) mass is 261 g/mol. The summed E-state index contributed by atoms with van der Waals surface area (Å²) in [5.74, 6) is 0. The molecule has 2 atom stereocenters. The first-order valence-corrected chi connectivity index (χ1v) is 7.42. The van der Waals surface area contributed by atoms with Crippen molar-refractivity contribution in [1.29, 1.82) is 0 Å². The van der Waals surface area contributed by atoms with Gasteiger partial charge in [-0.3, -0.25) is 4.90 Å². The quantitative estimate of drug-likeness (QED) is 0.874. The third-order valence-electron chi connectivity index (χ3n) is 4.20. The topological polar surface area (TPSA) is 18.5 Å². The summed E-state index contributed by atoms with van der Waals surface area (Å²) in [6.45, 7) is 10.0. The van der Waals surface area contributed by atoms with Crippen LogP contribution in [0.1, 0.15) is 25.5 Å². The van der Waals surface area contributed by atoms with Gasteiger partial charge in [0.25, 0.3) is 0 Å². The molecule has 0 amide bonds. The van der Waals surface area contributed by atoms with E-state index in [2.05, 4.69) is 66.3 Å². The van der Waals surface area contributed by atoms with Gasteiger partial charge in [-0.25, -0.2) is 0 Å². The molecule has 0 bridgehead atoms. The molecule has 0 aliphatic carbocycles. The van der Waals surface area contributed by atoms with E-state index in [4.69, 9.17) is 0 Å². The van der Waals surface area contributed by atoms with Gasteiger partial charge in [0.2, 0.25) is 0 Å². The average molecular weight is 261 g/mol. The first-order chi connectivity index (χ1) is 9.22. The molecule has 1 aromatic carbocycles. The molecule has 0 spiro atoms. The number of likely N-dealkylation sites (N-methyl/N-ethyl adjacent to an activating group) is 2. The third kappa shape index (κ3) is 3.78. The Bertz CT molecular complexity index is 366. The molecule has 3 heteroatoms. The van der Waals surface area contributed by atoms with Crippen molar-refractivity contribution < 1.29 is 0 Å². The van der Waals surface area contributed by atoms with Crippen molar-refractivity contribution in [2.45, 2.75) is 25.9 Å². The number of hydrogen-bond acceptors (Lipinski definition) is 3. The largest absolute Gasteiger partial charge is 0.315 e. The van der Waals surface area contributed by atoms with Crippen LogP contribution in [0.3, 0.4) is 0 Å². The van der Waals surface area contributed by atoms with Crippen molar-refractivity contribution >= 4 is 0 Å². The van der Waals surface area contributed by atoms with Crippen molar-refractivity contribution in [1.82, 2.24) is 15.1 Å². The van der Waals surface area contributed by atoms with Gasteiger partial charge in [0.15, 0.2) is 0 Å². The van der Waals surface area contributed by atoms with Gasteiger partial charge in [0.05, 0.1) is 0 Å². The molecule has 106 valence electrons. The zero-order chi connectivity index (χ0) is 13.7. The number of rotatable bonds is 5. The Labute approximate surface area is 117 Å². The first-order valence-electron chi connectivity index (χ1n) is 7.42. The Balaban J connectivity index is 2.09. The van der Waals surface area contributed by atoms with Crippen LogP contribution < -0.4 is 5.32 Å². The van der Waals surface area contributed by atoms with E-state index in [1.807, 2.05) is 0 Å². The van der Waals surface area contributed by atoms with E-state index in [-0.39, 0.29) is 0 Å². The molecule has 3 nitrogen and oxygen atoms in total. The Kier molecular flexibility index (Phi) is 5.37. The van der Waals surface area contributed by atoms with Gasteiger partial charge in [0.1, 0.15) is 0 Å². The minimum absolute atomic E-state index is 0.498. The minimum Gasteiger partial charge on any atom is -0.315 e. The van der Waals surface area contributed by atoms with Crippen LogP contribution in [0.4, 0.5) is 0 Å². The Morgan fingerprint density at radius 2 is 2.00 bits per heavy atom. The lowest BCUT2D eigenvalue weighted by molar-refractivity contribution is 0.0713. The maximum Gasteiger partial charge on any atom is 0.0473 e. The molecule has 1 aliphatic heterocycles. The molecule has 1 aromatic rings. The first kappa shape index (κ1) is 14.5. The zero-order valence-electron chi connectivity index (χ0n) is 12.5. The van der Waals surface area contributed by atoms with Crippen LogP contribution in [0.25, 0.3) is 0 Å². The van der Waals surface area contributed by atoms with E-state index < -0.39 is 0 Å². The lowest BCUT2D eigenvalue weighted by Gasteiger charge is -2.42. The van der Waals surface area contributed by atoms with Crippen molar-refractivity contribution in [3.63, 3.8) is 0 Å². The van der Waals surface area contributed by atoms with Crippen LogP contribution in [0, 0.1) is 0 Å². The standard InChI is InChI=1S/C16H27N3/c1-4-17-12-16(15-8-6-5-7-9-15)19-11-10-18(3)14(2)13-19/h5-9,14,16-17H,4,10-13H2,1-3H3. The van der Waals surface area contributed by atoms with Crippen molar-refractivity contribution in [2.75, 3.05) is 39.8 Å². The molecule has 0 radical (unpaired) electrons. The maximum atomic E-state index is 3.51. The van der Waals surface area contributed by atoms with Crippen molar-refractivity contribution in [2.24, 2.45) is 0 Å². The van der Waals surface area contributed by atoms with Crippen LogP contribution in [0.5, 0.6) is 0 Å². The number of nitrogens with one attached hydrogen (secondary N) is 1. The van der Waals surface area contributed by atoms with Gasteiger partial charge in [-0.2, -0.15) is 0 Å². The molecule has 19 heavy (non-hydrogen) atoms. The molecule has 1 heterocycles. The molecule has 1 saturated heterocycles. The summed E-state index contributed by atoms with van der Waals surface area (Å²) < 4.78 is 0. The van der Waals surface area contributed by atoms with Crippen LogP contribution in [-0.4, -0.2) is 55.6 Å². The Morgan fingerprint density at radius 3 is 2.63 bits per heavy atom. The third-order valence-corrected chi connectivity index (χ3v) is 4.20. The van der Waals surface area contributed by atoms with E-state index in [0.717, 1.165) is 32.7 Å². The number of benzene rings is 1. The van der Waals surface area contributed by atoms with Gasteiger partial charge < -0.3 is 10.2 Å². The van der Waals surface area contributed by atoms with E-state index in [9.17, 15) is 0 Å². The van der Waals surface area contributed by atoms with E-state index in [1.165, 1.54) is 5.56 Å². The second-order valence-electron chi connectivity index (χ2n) is 5.56. The fraction of sp³-hybridized carbons (Fsp3) is 0.625. The Hall–Kier alpha value is -0.900. The summed E-state index contributed by atoms with van der Waals surface area (Å²) >= 11 is 0. The normalized spacial score (nSPS) is 23.4. The lowest BCUT2D eigenvalue weighted by atomic mass is 10.0. The summed E-state index contributed by atoms with van der Waals surface area (Å²) in [4.78, 5) is 5.08. The number of hydrogen-bond donors (Lipinski definition) is 1. The van der Waals surface area contributed by atoms with Crippen molar-refractivity contribution in [3.8, 4) is 0 Å². The molecular weight excluding hydrogens is 234 g/mol. The second-order valence-corrected chi connectivity index (χ2v) is 5.56. The number of nitrogens with zero attached hydrogens (tertiary/aromatic N) is 2. The lowest BCUT2D eigenvalue weighted by Crippen LogP contribution is -2.52. The molecule has 0 saturated carbocycles. The molecular formula is C16H27N3. The molecule has 2 unspecified atom stereocenters. The fourth-order valence-corrected chi connectivity index (χ4v) is 2.77. The SMILES string of the molecule is CCNCC(c1ccccc1)N1CCN(C)C(C)C1. The summed E-state index contributed by atoms with van der Waals surface area (Å²) in [7, 11) is 2.23. The average Bonchev–Trinajstić information content (AvgIpc) is 2.44. The Morgan fingerprint density at radius 1 is 1.26 bits per heavy atom. The fourth-order valence-electron chi connectivity index (χ4n) is 2.77. The van der Waals surface area contributed by atoms with Crippen LogP contribution in [-0.2, 0) is 0 Å². The van der Waals surface area contributed by atoms with E-state index in [0.29, 0.717) is 12.1 Å². The summed E-state index contributed by atoms with van der Waals surface area (Å²) in [5.41, 5.74) is 1.43. The zero-order valence-corrected chi connectivity index (χ0v) is 12.5. The molecule has 2 rings (SSSR count). The molecule has 1 N–H and O–H groups in total. The molecule has 1 fully saturated rings. The van der Waals surface area contributed by atoms with Crippen LogP contribution in [0.15, 0.2) is 30.3 Å². The van der Waals surface area contributed by atoms with Crippen LogP contribution >= 0.6 is 0 Å². The smallest absolute Gasteiger partial charge is 0.0473 e. The highest BCUT2D eigenvalue weighted by atomic mass is 15.3. The van der Waals surface area contributed by atoms with Gasteiger partial charge in [0, 0.05) is 38.3 Å². The van der Waals surface area contributed by atoms with Gasteiger partial charge in [-0.05, 0) is 26.1 Å². The highest BCUT2D eigenvalue weighted by Gasteiger charge is 2.27.